The zero-order chi connectivity index (χ0) is 15.4. The van der Waals surface area contributed by atoms with Crippen molar-refractivity contribution in [1.82, 2.24) is 0 Å². The molecule has 3 nitrogen and oxygen atoms in total. The second-order valence-electron chi connectivity index (χ2n) is 5.48. The van der Waals surface area contributed by atoms with Gasteiger partial charge in [0.05, 0.1) is 6.92 Å². The molecule has 1 aliphatic rings. The van der Waals surface area contributed by atoms with E-state index in [1.165, 1.54) is 0 Å². The smallest absolute Gasteiger partial charge is 0.217 e. The van der Waals surface area contributed by atoms with E-state index in [1.54, 1.807) is 11.6 Å². The Kier molecular flexibility index (Phi) is 4.24. The molecule has 0 N–H and O–H groups in total. The maximum Gasteiger partial charge on any atom is 0.408 e. The molecule has 2 aromatic rings. The Hall–Kier alpha value is -2.55. The van der Waals surface area contributed by atoms with Gasteiger partial charge < -0.3 is 0 Å². The first-order valence-electron chi connectivity index (χ1n) is 7.53. The van der Waals surface area contributed by atoms with Crippen LogP contribution in [0.4, 0.5) is 0 Å². The highest BCUT2D eigenvalue weighted by Crippen LogP contribution is 2.30. The zero-order valence-electron chi connectivity index (χ0n) is 12.6. The number of benzene rings is 2. The Morgan fingerprint density at radius 1 is 1.09 bits per heavy atom. The van der Waals surface area contributed by atoms with Crippen LogP contribution in [0.25, 0.3) is 6.08 Å². The van der Waals surface area contributed by atoms with Gasteiger partial charge in [0.1, 0.15) is 6.04 Å². The molecule has 2 atom stereocenters. The van der Waals surface area contributed by atoms with Crippen molar-refractivity contribution >= 4 is 12.0 Å². The number of amides is 1. The number of hydrogen-bond donors (Lipinski definition) is 0. The number of rotatable bonds is 3. The van der Waals surface area contributed by atoms with E-state index in [2.05, 4.69) is 41.5 Å². The van der Waals surface area contributed by atoms with Crippen LogP contribution in [0.2, 0.25) is 0 Å². The minimum atomic E-state index is -0.00976. The van der Waals surface area contributed by atoms with Crippen LogP contribution in [0, 0.1) is 0 Å². The minimum absolute atomic E-state index is 0.00976. The van der Waals surface area contributed by atoms with Gasteiger partial charge in [-0.15, -0.1) is 0 Å². The van der Waals surface area contributed by atoms with Gasteiger partial charge >= 0.3 is 5.91 Å². The lowest BCUT2D eigenvalue weighted by molar-refractivity contribution is -0.541. The van der Waals surface area contributed by atoms with Crippen molar-refractivity contribution < 1.29 is 9.49 Å². The lowest BCUT2D eigenvalue weighted by Crippen LogP contribution is -2.17. The number of carbonyl (C=O) groups is 1. The maximum absolute atomic E-state index is 11.9. The molecule has 0 bridgehead atoms. The number of hydrogen-bond acceptors (Lipinski definition) is 2. The summed E-state index contributed by atoms with van der Waals surface area (Å²) in [6, 6.07) is 20.3. The van der Waals surface area contributed by atoms with E-state index < -0.39 is 0 Å². The van der Waals surface area contributed by atoms with Crippen LogP contribution in [0.3, 0.4) is 0 Å². The molecule has 0 aromatic heterocycles. The highest BCUT2D eigenvalue weighted by molar-refractivity contribution is 5.63. The minimum Gasteiger partial charge on any atom is -0.217 e. The molecule has 0 aliphatic carbocycles. The average Bonchev–Trinajstić information content (AvgIpc) is 2.99. The molecule has 0 radical (unpaired) electrons. The van der Waals surface area contributed by atoms with Gasteiger partial charge in [-0.3, -0.25) is 0 Å². The lowest BCUT2D eigenvalue weighted by Gasteiger charge is -2.04. The molecule has 0 fully saturated rings. The summed E-state index contributed by atoms with van der Waals surface area (Å²) in [7, 11) is 0. The van der Waals surface area contributed by atoms with E-state index in [0.717, 1.165) is 17.5 Å². The maximum atomic E-state index is 11.9. The fraction of sp³-hybridized carbons (Fsp3) is 0.211. The topological polar surface area (TPSA) is 32.4 Å². The molecule has 22 heavy (non-hydrogen) atoms. The summed E-state index contributed by atoms with van der Waals surface area (Å²) in [5.74, 6) is -0.00976. The monoisotopic (exact) mass is 291 g/mol. The fourth-order valence-corrected chi connectivity index (χ4v) is 2.77. The van der Waals surface area contributed by atoms with Crippen LogP contribution in [-0.4, -0.2) is 16.6 Å². The highest BCUT2D eigenvalue weighted by Gasteiger charge is 2.38. The Bertz CT molecular complexity index is 705. The molecule has 3 rings (SSSR count). The Balaban J connectivity index is 1.81. The van der Waals surface area contributed by atoms with Crippen molar-refractivity contribution in [3.8, 4) is 0 Å². The molecular weight excluding hydrogens is 272 g/mol. The van der Waals surface area contributed by atoms with E-state index in [4.69, 9.17) is 0 Å². The summed E-state index contributed by atoms with van der Waals surface area (Å²) in [4.78, 5) is 11.9. The molecule has 0 saturated heterocycles. The van der Waals surface area contributed by atoms with Gasteiger partial charge in [0, 0.05) is 12.0 Å². The first-order chi connectivity index (χ1) is 10.7. The first kappa shape index (κ1) is 14.4. The number of azo groups is 2. The van der Waals surface area contributed by atoms with Gasteiger partial charge in [-0.25, -0.2) is 4.79 Å². The van der Waals surface area contributed by atoms with Crippen molar-refractivity contribution in [3.05, 3.63) is 77.9 Å². The highest BCUT2D eigenvalue weighted by atomic mass is 16.2. The SMILES string of the molecule is CC(=O)[N+]1=NC(/C=C/c2ccccc2)CC1c1ccccc1. The molecule has 1 aliphatic heterocycles. The lowest BCUT2D eigenvalue weighted by atomic mass is 10.0. The third-order valence-electron chi connectivity index (χ3n) is 3.85. The second-order valence-corrected chi connectivity index (χ2v) is 5.48. The van der Waals surface area contributed by atoms with Crippen molar-refractivity contribution in [2.45, 2.75) is 25.4 Å². The van der Waals surface area contributed by atoms with Gasteiger partial charge in [0.25, 0.3) is 0 Å². The summed E-state index contributed by atoms with van der Waals surface area (Å²) in [5.41, 5.74) is 2.28. The Morgan fingerprint density at radius 3 is 2.36 bits per heavy atom. The van der Waals surface area contributed by atoms with Crippen LogP contribution in [-0.2, 0) is 4.79 Å². The van der Waals surface area contributed by atoms with Crippen LogP contribution in [0.15, 0.2) is 71.9 Å². The molecule has 0 saturated carbocycles. The molecule has 0 spiro atoms. The van der Waals surface area contributed by atoms with Gasteiger partial charge in [-0.1, -0.05) is 72.8 Å². The van der Waals surface area contributed by atoms with Crippen LogP contribution in [0.1, 0.15) is 30.5 Å². The van der Waals surface area contributed by atoms with Crippen molar-refractivity contribution in [3.63, 3.8) is 0 Å². The third-order valence-corrected chi connectivity index (χ3v) is 3.85. The molecular formula is C19H19N2O+. The second kappa shape index (κ2) is 6.48. The van der Waals surface area contributed by atoms with E-state index in [-0.39, 0.29) is 18.0 Å². The third kappa shape index (κ3) is 3.19. The van der Waals surface area contributed by atoms with E-state index in [1.807, 2.05) is 36.4 Å². The van der Waals surface area contributed by atoms with Gasteiger partial charge in [-0.05, 0) is 15.4 Å². The summed E-state index contributed by atoms with van der Waals surface area (Å²) >= 11 is 0. The van der Waals surface area contributed by atoms with Crippen molar-refractivity contribution in [1.29, 1.82) is 0 Å². The largest absolute Gasteiger partial charge is 0.408 e. The molecule has 2 unspecified atom stereocenters. The van der Waals surface area contributed by atoms with Crippen LogP contribution in [0.5, 0.6) is 0 Å². The van der Waals surface area contributed by atoms with Crippen molar-refractivity contribution in [2.24, 2.45) is 5.11 Å². The average molecular weight is 291 g/mol. The zero-order valence-corrected chi connectivity index (χ0v) is 12.6. The number of nitrogens with zero attached hydrogens (tertiary/aromatic N) is 2. The summed E-state index contributed by atoms with van der Waals surface area (Å²) in [6.07, 6.45) is 4.97. The molecule has 110 valence electrons. The summed E-state index contributed by atoms with van der Waals surface area (Å²) < 4.78 is 1.62. The van der Waals surface area contributed by atoms with Gasteiger partial charge in [-0.2, -0.15) is 0 Å². The Labute approximate surface area is 130 Å². The molecule has 1 heterocycles. The predicted molar refractivity (Wildman–Crippen MR) is 86.4 cm³/mol. The molecule has 2 aromatic carbocycles. The van der Waals surface area contributed by atoms with E-state index in [0.29, 0.717) is 0 Å². The summed E-state index contributed by atoms with van der Waals surface area (Å²) in [5, 5.41) is 4.56. The van der Waals surface area contributed by atoms with Crippen LogP contribution >= 0.6 is 0 Å². The van der Waals surface area contributed by atoms with Crippen LogP contribution < -0.4 is 0 Å². The molecule has 1 amide bonds. The summed E-state index contributed by atoms with van der Waals surface area (Å²) in [6.45, 7) is 1.57. The quantitative estimate of drug-likeness (QED) is 0.779. The predicted octanol–water partition coefficient (Wildman–Crippen LogP) is 4.22. The standard InChI is InChI=1S/C19H19N2O/c1-15(22)21-19(17-10-6-3-7-11-17)14-18(20-21)13-12-16-8-4-2-5-9-16/h2-13,18-19H,14H2,1H3/q+1/b13-12+. The fourth-order valence-electron chi connectivity index (χ4n) is 2.77. The molecule has 3 heteroatoms. The number of carbonyl (C=O) groups excluding carboxylic acids is 1. The van der Waals surface area contributed by atoms with Crippen molar-refractivity contribution in [2.75, 3.05) is 0 Å². The van der Waals surface area contributed by atoms with Gasteiger partial charge in [0.2, 0.25) is 6.04 Å². The van der Waals surface area contributed by atoms with E-state index >= 15 is 0 Å². The Morgan fingerprint density at radius 2 is 1.73 bits per heavy atom. The van der Waals surface area contributed by atoms with Gasteiger partial charge in [0.15, 0.2) is 0 Å². The van der Waals surface area contributed by atoms with E-state index in [9.17, 15) is 4.79 Å². The first-order valence-corrected chi connectivity index (χ1v) is 7.53. The normalized spacial score (nSPS) is 21.0.